The summed E-state index contributed by atoms with van der Waals surface area (Å²) in [5.74, 6) is 1.29. The van der Waals surface area contributed by atoms with Crippen LogP contribution in [-0.2, 0) is 6.42 Å². The molecule has 2 aromatic heterocycles. The van der Waals surface area contributed by atoms with Gasteiger partial charge in [0.05, 0.1) is 16.7 Å². The first-order valence-corrected chi connectivity index (χ1v) is 20.9. The molecule has 0 saturated heterocycles. The number of nitrogens with zero attached hydrogens (tertiary/aromatic N) is 1. The van der Waals surface area contributed by atoms with Crippen molar-refractivity contribution in [2.24, 2.45) is 0 Å². The third-order valence-corrected chi connectivity index (χ3v) is 14.3. The van der Waals surface area contributed by atoms with E-state index in [-0.39, 0.29) is 0 Å². The quantitative estimate of drug-likeness (QED) is 0.157. The minimum Gasteiger partial charge on any atom is -0.454 e. The van der Waals surface area contributed by atoms with Crippen LogP contribution in [0.5, 0.6) is 0 Å². The molecule has 4 heterocycles. The standard InChI is InChI=1S/C51H41NOS/c1-3-13-37-36(35-15-10-14-33(29-35)34-25-26-50-44(30-34)49-24-8-9-27-54(49)50)18-11-19-38(37)42-31-48-43(28-32(42)2)41-20-12-23-47(51(41)53-48)52-45-21-6-4-16-39(45)40-17-5-7-22-46(40)52/h4-8,11-12,14,16-26,28-31H,3,9-10,13,15,27H2,1-2H3. The van der Waals surface area contributed by atoms with Crippen molar-refractivity contribution in [1.82, 2.24) is 4.57 Å². The third-order valence-electron chi connectivity index (χ3n) is 11.9. The van der Waals surface area contributed by atoms with E-state index in [1.54, 1.807) is 9.76 Å². The second kappa shape index (κ2) is 12.5. The Morgan fingerprint density at radius 3 is 2.31 bits per heavy atom. The Labute approximate surface area is 318 Å². The van der Waals surface area contributed by atoms with Gasteiger partial charge in [-0.1, -0.05) is 110 Å². The van der Waals surface area contributed by atoms with Crippen LogP contribution in [0.15, 0.2) is 149 Å². The van der Waals surface area contributed by atoms with E-state index in [1.165, 1.54) is 89.5 Å². The van der Waals surface area contributed by atoms with E-state index >= 15 is 0 Å². The van der Waals surface area contributed by atoms with Crippen molar-refractivity contribution in [3.63, 3.8) is 0 Å². The number of aromatic nitrogens is 1. The summed E-state index contributed by atoms with van der Waals surface area (Å²) in [4.78, 5) is 3.13. The highest BCUT2D eigenvalue weighted by Gasteiger charge is 2.26. The summed E-state index contributed by atoms with van der Waals surface area (Å²) in [6.45, 7) is 4.57. The zero-order valence-electron chi connectivity index (χ0n) is 30.8. The van der Waals surface area contributed by atoms with Gasteiger partial charge in [0, 0.05) is 36.9 Å². The Hall–Kier alpha value is -5.64. The Morgan fingerprint density at radius 1 is 0.704 bits per heavy atom. The van der Waals surface area contributed by atoms with Gasteiger partial charge < -0.3 is 8.98 Å². The molecule has 8 aromatic rings. The van der Waals surface area contributed by atoms with Crippen molar-refractivity contribution >= 4 is 70.2 Å². The Balaban J connectivity index is 1.02. The maximum Gasteiger partial charge on any atom is 0.159 e. The number of furan rings is 1. The number of hydrogen-bond donors (Lipinski definition) is 0. The van der Waals surface area contributed by atoms with Crippen LogP contribution in [0.4, 0.5) is 0 Å². The van der Waals surface area contributed by atoms with Crippen LogP contribution in [0.25, 0.3) is 71.7 Å². The largest absolute Gasteiger partial charge is 0.454 e. The second-order valence-electron chi connectivity index (χ2n) is 15.1. The van der Waals surface area contributed by atoms with Crippen molar-refractivity contribution in [3.8, 4) is 16.8 Å². The van der Waals surface area contributed by atoms with Crippen LogP contribution in [0.1, 0.15) is 60.4 Å². The summed E-state index contributed by atoms with van der Waals surface area (Å²) in [5.41, 5.74) is 17.6. The van der Waals surface area contributed by atoms with Gasteiger partial charge in [-0.15, -0.1) is 10.5 Å². The third kappa shape index (κ3) is 4.77. The molecule has 0 saturated carbocycles. The maximum absolute atomic E-state index is 6.94. The minimum absolute atomic E-state index is 0.347. The van der Waals surface area contributed by atoms with Crippen LogP contribution in [0.2, 0.25) is 0 Å². The lowest BCUT2D eigenvalue weighted by Crippen LogP contribution is -2.15. The first-order valence-electron chi connectivity index (χ1n) is 19.5. The lowest BCUT2D eigenvalue weighted by Gasteiger charge is -2.30. The highest BCUT2D eigenvalue weighted by atomic mass is 32.2. The summed E-state index contributed by atoms with van der Waals surface area (Å²) < 4.78 is 9.31. The van der Waals surface area contributed by atoms with Crippen molar-refractivity contribution in [1.29, 1.82) is 0 Å². The van der Waals surface area contributed by atoms with Crippen LogP contribution in [-0.4, -0.2) is 15.2 Å². The van der Waals surface area contributed by atoms with E-state index in [1.807, 2.05) is 0 Å². The molecule has 3 aliphatic rings. The molecule has 2 nitrogen and oxygen atoms in total. The zero-order chi connectivity index (χ0) is 35.9. The summed E-state index contributed by atoms with van der Waals surface area (Å²) in [6.07, 6.45) is 15.1. The van der Waals surface area contributed by atoms with Crippen LogP contribution in [0.3, 0.4) is 0 Å². The minimum atomic E-state index is 0.347. The molecule has 11 rings (SSSR count). The van der Waals surface area contributed by atoms with Crippen LogP contribution in [0, 0.1) is 6.92 Å². The summed E-state index contributed by atoms with van der Waals surface area (Å²) >= 11 is 0. The molecule has 2 aliphatic heterocycles. The number of rotatable bonds is 6. The normalized spacial score (nSPS) is 16.5. The van der Waals surface area contributed by atoms with E-state index in [0.29, 0.717) is 10.5 Å². The van der Waals surface area contributed by atoms with Gasteiger partial charge in [0.2, 0.25) is 0 Å². The first-order chi connectivity index (χ1) is 26.7. The summed E-state index contributed by atoms with van der Waals surface area (Å²) in [6, 6.07) is 42.8. The highest BCUT2D eigenvalue weighted by molar-refractivity contribution is 8.18. The zero-order valence-corrected chi connectivity index (χ0v) is 31.6. The van der Waals surface area contributed by atoms with Crippen LogP contribution >= 0.6 is 10.5 Å². The predicted octanol–water partition coefficient (Wildman–Crippen LogP) is 14.0. The summed E-state index contributed by atoms with van der Waals surface area (Å²) in [7, 11) is 0.347. The number of benzene rings is 6. The molecule has 0 N–H and O–H groups in total. The Morgan fingerprint density at radius 2 is 1.48 bits per heavy atom. The molecule has 6 aromatic carbocycles. The average molecular weight is 716 g/mol. The fourth-order valence-electron chi connectivity index (χ4n) is 9.45. The molecule has 3 heteroatoms. The molecule has 0 fully saturated rings. The molecule has 0 spiro atoms. The number of para-hydroxylation sites is 3. The van der Waals surface area contributed by atoms with Gasteiger partial charge >= 0.3 is 0 Å². The number of hydrogen-bond acceptors (Lipinski definition) is 1. The van der Waals surface area contributed by atoms with Gasteiger partial charge in [-0.25, -0.2) is 0 Å². The lowest BCUT2D eigenvalue weighted by atomic mass is 9.83. The SMILES string of the molecule is CCCc1c(C2=CC(c3ccc4c(c3)C3=S4CCC=C3)=CCC2)cccc1-c1cc2oc3c(-n4c5ccccc5c5ccccc54)cccc3c2cc1C. The summed E-state index contributed by atoms with van der Waals surface area (Å²) in [5, 5.41) is 4.83. The molecule has 0 amide bonds. The van der Waals surface area contributed by atoms with Gasteiger partial charge in [0.15, 0.2) is 5.58 Å². The fourth-order valence-corrected chi connectivity index (χ4v) is 11.7. The number of aryl methyl sites for hydroxylation is 1. The van der Waals surface area contributed by atoms with Crippen molar-refractivity contribution < 1.29 is 4.42 Å². The van der Waals surface area contributed by atoms with Crippen molar-refractivity contribution in [2.45, 2.75) is 50.8 Å². The van der Waals surface area contributed by atoms with E-state index in [2.05, 4.69) is 158 Å². The van der Waals surface area contributed by atoms with Crippen LogP contribution < -0.4 is 0 Å². The highest BCUT2D eigenvalue weighted by Crippen LogP contribution is 2.47. The van der Waals surface area contributed by atoms with E-state index in [0.717, 1.165) is 47.9 Å². The molecule has 1 aliphatic carbocycles. The molecular weight excluding hydrogens is 675 g/mol. The van der Waals surface area contributed by atoms with Gasteiger partial charge in [0.25, 0.3) is 0 Å². The Bertz CT molecular complexity index is 2960. The molecule has 54 heavy (non-hydrogen) atoms. The number of allylic oxidation sites excluding steroid dienone is 6. The van der Waals surface area contributed by atoms with Crippen molar-refractivity contribution in [3.05, 3.63) is 167 Å². The van der Waals surface area contributed by atoms with Gasteiger partial charge in [-0.2, -0.15) is 0 Å². The molecule has 1 atom stereocenters. The topological polar surface area (TPSA) is 18.1 Å². The smallest absolute Gasteiger partial charge is 0.159 e. The average Bonchev–Trinajstić information content (AvgIpc) is 3.75. The van der Waals surface area contributed by atoms with Gasteiger partial charge in [-0.3, -0.25) is 0 Å². The van der Waals surface area contributed by atoms with Gasteiger partial charge in [0.1, 0.15) is 5.58 Å². The lowest BCUT2D eigenvalue weighted by molar-refractivity contribution is 0.666. The van der Waals surface area contributed by atoms with E-state index < -0.39 is 0 Å². The molecule has 0 bridgehead atoms. The molecule has 262 valence electrons. The maximum atomic E-state index is 6.94. The molecular formula is C51H41NOS. The van der Waals surface area contributed by atoms with E-state index in [9.17, 15) is 0 Å². The van der Waals surface area contributed by atoms with Gasteiger partial charge in [-0.05, 0) is 125 Å². The first kappa shape index (κ1) is 31.8. The second-order valence-corrected chi connectivity index (χ2v) is 17.2. The van der Waals surface area contributed by atoms with Crippen molar-refractivity contribution in [2.75, 3.05) is 5.75 Å². The fraction of sp³-hybridized carbons (Fsp3) is 0.157. The molecule has 1 unspecified atom stereocenters. The monoisotopic (exact) mass is 715 g/mol. The van der Waals surface area contributed by atoms with E-state index in [4.69, 9.17) is 4.42 Å². The number of fused-ring (bicyclic) bond motifs is 9. The molecule has 0 radical (unpaired) electrons. The predicted molar refractivity (Wildman–Crippen MR) is 232 cm³/mol. The Kier molecular flexibility index (Phi) is 7.35.